The molecule has 1 aliphatic heterocycles. The van der Waals surface area contributed by atoms with Gasteiger partial charge in [0.25, 0.3) is 5.91 Å². The summed E-state index contributed by atoms with van der Waals surface area (Å²) < 4.78 is 10.8. The molecule has 0 radical (unpaired) electrons. The minimum Gasteiger partial charge on any atom is -0.491 e. The Hall–Kier alpha value is -3.35. The summed E-state index contributed by atoms with van der Waals surface area (Å²) in [7, 11) is 0. The molecule has 0 spiro atoms. The molecule has 1 N–H and O–H groups in total. The minimum absolute atomic E-state index is 0.0589. The monoisotopic (exact) mass is 424 g/mol. The van der Waals surface area contributed by atoms with Crippen LogP contribution in [0.3, 0.4) is 0 Å². The molecule has 0 aromatic heterocycles. The Balaban J connectivity index is 1.52. The van der Waals surface area contributed by atoms with Crippen molar-refractivity contribution in [2.24, 2.45) is 5.92 Å². The van der Waals surface area contributed by atoms with Crippen LogP contribution in [-0.2, 0) is 25.5 Å². The van der Waals surface area contributed by atoms with Crippen LogP contribution in [0, 0.1) is 5.92 Å². The van der Waals surface area contributed by atoms with Crippen molar-refractivity contribution in [2.45, 2.75) is 39.7 Å². The quantitative estimate of drug-likeness (QED) is 0.655. The number of benzene rings is 2. The molecule has 1 saturated heterocycles. The highest BCUT2D eigenvalue weighted by Crippen LogP contribution is 2.27. The number of esters is 1. The summed E-state index contributed by atoms with van der Waals surface area (Å²) in [6.45, 7) is 5.72. The van der Waals surface area contributed by atoms with Gasteiger partial charge in [-0.05, 0) is 56.2 Å². The van der Waals surface area contributed by atoms with E-state index in [0.717, 1.165) is 17.7 Å². The van der Waals surface area contributed by atoms with Crippen LogP contribution in [0.2, 0.25) is 0 Å². The number of nitrogens with zero attached hydrogens (tertiary/aromatic N) is 1. The lowest BCUT2D eigenvalue weighted by Gasteiger charge is -2.17. The van der Waals surface area contributed by atoms with Crippen molar-refractivity contribution in [3.63, 3.8) is 0 Å². The molecule has 3 rings (SSSR count). The number of hydrogen-bond acceptors (Lipinski definition) is 5. The van der Waals surface area contributed by atoms with Crippen LogP contribution < -0.4 is 15.0 Å². The molecule has 2 aromatic carbocycles. The lowest BCUT2D eigenvalue weighted by atomic mass is 10.1. The lowest BCUT2D eigenvalue weighted by Crippen LogP contribution is -2.28. The zero-order chi connectivity index (χ0) is 22.4. The number of para-hydroxylation sites is 1. The first kappa shape index (κ1) is 22.3. The van der Waals surface area contributed by atoms with E-state index in [1.165, 1.54) is 0 Å². The van der Waals surface area contributed by atoms with Crippen LogP contribution in [0.15, 0.2) is 48.5 Å². The first-order valence-corrected chi connectivity index (χ1v) is 10.5. The van der Waals surface area contributed by atoms with Crippen molar-refractivity contribution in [3.8, 4) is 5.75 Å². The Bertz CT molecular complexity index is 939. The number of nitrogens with one attached hydrogen (secondary N) is 1. The van der Waals surface area contributed by atoms with Crippen molar-refractivity contribution in [2.75, 3.05) is 23.4 Å². The third kappa shape index (κ3) is 5.84. The van der Waals surface area contributed by atoms with Gasteiger partial charge in [-0.3, -0.25) is 14.4 Å². The predicted octanol–water partition coefficient (Wildman–Crippen LogP) is 3.57. The summed E-state index contributed by atoms with van der Waals surface area (Å²) in [4.78, 5) is 38.6. The Morgan fingerprint density at radius 1 is 1.13 bits per heavy atom. The molecule has 2 amide bonds. The van der Waals surface area contributed by atoms with E-state index in [9.17, 15) is 14.4 Å². The smallest absolute Gasteiger partial charge is 0.311 e. The Kier molecular flexibility index (Phi) is 7.28. The second-order valence-corrected chi connectivity index (χ2v) is 7.73. The molecular formula is C24H28N2O5. The van der Waals surface area contributed by atoms with Crippen LogP contribution in [0.5, 0.6) is 5.75 Å². The predicted molar refractivity (Wildman–Crippen MR) is 118 cm³/mol. The summed E-state index contributed by atoms with van der Waals surface area (Å²) in [6.07, 6.45) is 0.899. The van der Waals surface area contributed by atoms with Crippen LogP contribution in [0.1, 0.15) is 32.8 Å². The van der Waals surface area contributed by atoms with Gasteiger partial charge in [0.05, 0.1) is 12.0 Å². The number of ether oxygens (including phenoxy) is 2. The number of rotatable bonds is 8. The standard InChI is InChI=1S/C24H28N2O5/c1-4-17-7-5-6-8-21(17)25-22(27)15-30-24(29)18-13-23(28)26(14-18)19-9-11-20(12-10-19)31-16(2)3/h5-12,16,18H,4,13-15H2,1-3H3,(H,25,27)/t18-/m1/s1. The fourth-order valence-electron chi connectivity index (χ4n) is 3.48. The van der Waals surface area contributed by atoms with E-state index >= 15 is 0 Å². The third-order valence-corrected chi connectivity index (χ3v) is 5.00. The van der Waals surface area contributed by atoms with Gasteiger partial charge in [-0.2, -0.15) is 0 Å². The molecule has 0 bridgehead atoms. The maximum absolute atomic E-state index is 12.4. The van der Waals surface area contributed by atoms with E-state index in [0.29, 0.717) is 11.4 Å². The van der Waals surface area contributed by atoms with E-state index in [4.69, 9.17) is 9.47 Å². The van der Waals surface area contributed by atoms with Crippen LogP contribution in [0.4, 0.5) is 11.4 Å². The Morgan fingerprint density at radius 2 is 1.84 bits per heavy atom. The van der Waals surface area contributed by atoms with Crippen LogP contribution in [-0.4, -0.2) is 37.0 Å². The molecule has 1 atom stereocenters. The highest BCUT2D eigenvalue weighted by Gasteiger charge is 2.36. The minimum atomic E-state index is -0.602. The Labute approximate surface area is 182 Å². The average Bonchev–Trinajstić information content (AvgIpc) is 3.14. The zero-order valence-electron chi connectivity index (χ0n) is 18.1. The summed E-state index contributed by atoms with van der Waals surface area (Å²) >= 11 is 0. The van der Waals surface area contributed by atoms with Crippen molar-refractivity contribution in [1.29, 1.82) is 0 Å². The molecule has 164 valence electrons. The number of amides is 2. The van der Waals surface area contributed by atoms with Crippen LogP contribution >= 0.6 is 0 Å². The second-order valence-electron chi connectivity index (χ2n) is 7.73. The second kappa shape index (κ2) is 10.1. The van der Waals surface area contributed by atoms with Gasteiger partial charge in [-0.15, -0.1) is 0 Å². The van der Waals surface area contributed by atoms with Gasteiger partial charge in [0.15, 0.2) is 6.61 Å². The Morgan fingerprint density at radius 3 is 2.52 bits per heavy atom. The highest BCUT2D eigenvalue weighted by molar-refractivity contribution is 6.00. The molecule has 31 heavy (non-hydrogen) atoms. The largest absolute Gasteiger partial charge is 0.491 e. The van der Waals surface area contributed by atoms with Gasteiger partial charge in [0, 0.05) is 24.3 Å². The molecule has 0 saturated carbocycles. The zero-order valence-corrected chi connectivity index (χ0v) is 18.1. The van der Waals surface area contributed by atoms with E-state index in [2.05, 4.69) is 5.32 Å². The van der Waals surface area contributed by atoms with Gasteiger partial charge < -0.3 is 19.7 Å². The molecule has 0 aliphatic carbocycles. The number of carbonyl (C=O) groups excluding carboxylic acids is 3. The molecule has 7 heteroatoms. The molecule has 1 heterocycles. The maximum atomic E-state index is 12.4. The van der Waals surface area contributed by atoms with E-state index in [1.807, 2.05) is 45.0 Å². The molecule has 1 aliphatic rings. The molecular weight excluding hydrogens is 396 g/mol. The molecule has 2 aromatic rings. The van der Waals surface area contributed by atoms with Gasteiger partial charge in [-0.1, -0.05) is 25.1 Å². The number of hydrogen-bond donors (Lipinski definition) is 1. The van der Waals surface area contributed by atoms with Crippen molar-refractivity contribution < 1.29 is 23.9 Å². The average molecular weight is 424 g/mol. The maximum Gasteiger partial charge on any atom is 0.311 e. The topological polar surface area (TPSA) is 84.9 Å². The van der Waals surface area contributed by atoms with Gasteiger partial charge in [0.2, 0.25) is 5.91 Å². The summed E-state index contributed by atoms with van der Waals surface area (Å²) in [6, 6.07) is 14.7. The third-order valence-electron chi connectivity index (χ3n) is 5.00. The normalized spacial score (nSPS) is 15.8. The van der Waals surface area contributed by atoms with E-state index in [-0.39, 0.29) is 31.6 Å². The lowest BCUT2D eigenvalue weighted by molar-refractivity contribution is -0.151. The SMILES string of the molecule is CCc1ccccc1NC(=O)COC(=O)[C@@H]1CC(=O)N(c2ccc(OC(C)C)cc2)C1. The number of anilines is 2. The summed E-state index contributed by atoms with van der Waals surface area (Å²) in [5.41, 5.74) is 2.41. The molecule has 1 fully saturated rings. The van der Waals surface area contributed by atoms with Crippen molar-refractivity contribution in [1.82, 2.24) is 0 Å². The fourth-order valence-corrected chi connectivity index (χ4v) is 3.48. The highest BCUT2D eigenvalue weighted by atomic mass is 16.5. The van der Waals surface area contributed by atoms with Crippen molar-refractivity contribution >= 4 is 29.2 Å². The number of aryl methyl sites for hydroxylation is 1. The van der Waals surface area contributed by atoms with E-state index in [1.54, 1.807) is 29.2 Å². The first-order chi connectivity index (χ1) is 14.9. The fraction of sp³-hybridized carbons (Fsp3) is 0.375. The van der Waals surface area contributed by atoms with Gasteiger partial charge >= 0.3 is 5.97 Å². The van der Waals surface area contributed by atoms with Gasteiger partial charge in [0.1, 0.15) is 5.75 Å². The number of carbonyl (C=O) groups is 3. The van der Waals surface area contributed by atoms with E-state index < -0.39 is 17.8 Å². The van der Waals surface area contributed by atoms with Crippen LogP contribution in [0.25, 0.3) is 0 Å². The van der Waals surface area contributed by atoms with Crippen molar-refractivity contribution in [3.05, 3.63) is 54.1 Å². The first-order valence-electron chi connectivity index (χ1n) is 10.5. The molecule has 0 unspecified atom stereocenters. The van der Waals surface area contributed by atoms with Gasteiger partial charge in [-0.25, -0.2) is 0 Å². The summed E-state index contributed by atoms with van der Waals surface area (Å²) in [5, 5.41) is 2.76. The summed E-state index contributed by atoms with van der Waals surface area (Å²) in [5.74, 6) is -0.988. The molecule has 7 nitrogen and oxygen atoms in total.